The average Bonchev–Trinajstić information content (AvgIpc) is 3.29. The quantitative estimate of drug-likeness (QED) is 0.338. The average molecular weight is 404 g/mol. The molecule has 0 saturated carbocycles. The van der Waals surface area contributed by atoms with Gasteiger partial charge in [0.1, 0.15) is 0 Å². The van der Waals surface area contributed by atoms with E-state index in [1.807, 2.05) is 27.7 Å². The maximum atomic E-state index is 4.73. The molecule has 4 aliphatic heterocycles. The zero-order chi connectivity index (χ0) is 15.4. The van der Waals surface area contributed by atoms with Crippen LogP contribution in [0.25, 0.3) is 0 Å². The Labute approximate surface area is 164 Å². The van der Waals surface area contributed by atoms with Crippen molar-refractivity contribution in [3.8, 4) is 0 Å². The zero-order valence-corrected chi connectivity index (χ0v) is 17.2. The van der Waals surface area contributed by atoms with E-state index in [1.165, 1.54) is 0 Å². The summed E-state index contributed by atoms with van der Waals surface area (Å²) in [6.45, 7) is 7.88. The molecule has 0 aromatic heterocycles. The smallest absolute Gasteiger partial charge is 0.759 e. The number of rotatable bonds is 0. The molecule has 0 aliphatic carbocycles. The molecule has 8 unspecified atom stereocenters. The van der Waals surface area contributed by atoms with Crippen molar-refractivity contribution in [3.63, 3.8) is 0 Å². The van der Waals surface area contributed by atoms with Crippen molar-refractivity contribution in [1.29, 1.82) is 0 Å². The second kappa shape index (κ2) is 10.7. The van der Waals surface area contributed by atoms with Gasteiger partial charge in [-0.15, -0.1) is 0 Å². The Morgan fingerprint density at radius 3 is 0.524 bits per heavy atom. The maximum Gasteiger partial charge on any atom is 4.00 e. The minimum atomic E-state index is 0. The molecule has 120 valence electrons. The Kier molecular flexibility index (Phi) is 11.7. The van der Waals surface area contributed by atoms with Crippen LogP contribution < -0.4 is 0 Å². The minimum Gasteiger partial charge on any atom is -0.759 e. The number of ether oxygens (including phenoxy) is 4. The van der Waals surface area contributed by atoms with Crippen molar-refractivity contribution in [1.82, 2.24) is 0 Å². The van der Waals surface area contributed by atoms with Gasteiger partial charge in [0.2, 0.25) is 0 Å². The third-order valence-corrected chi connectivity index (χ3v) is 4.60. The van der Waals surface area contributed by atoms with Gasteiger partial charge in [0, 0.05) is 0 Å². The van der Waals surface area contributed by atoms with E-state index in [9.17, 15) is 0 Å². The fourth-order valence-electron chi connectivity index (χ4n) is 0.665. The van der Waals surface area contributed by atoms with Crippen molar-refractivity contribution >= 4 is 50.5 Å². The largest absolute Gasteiger partial charge is 4.00 e. The van der Waals surface area contributed by atoms with Crippen molar-refractivity contribution in [2.45, 2.75) is 73.9 Å². The molecule has 4 saturated heterocycles. The third-order valence-electron chi connectivity index (χ3n) is 2.62. The summed E-state index contributed by atoms with van der Waals surface area (Å²) in [6.07, 6.45) is 1.46. The normalized spacial score (nSPS) is 46.9. The molecule has 0 aromatic rings. The second-order valence-electron chi connectivity index (χ2n) is 4.84. The van der Waals surface area contributed by atoms with Crippen molar-refractivity contribution in [3.05, 3.63) is 0 Å². The Bertz CT molecular complexity index is 222. The predicted octanol–water partition coefficient (Wildman–Crippen LogP) is 1.11. The molecule has 4 heterocycles. The number of epoxide rings is 4. The molecular weight excluding hydrogens is 384 g/mol. The van der Waals surface area contributed by atoms with Crippen LogP contribution in [0.3, 0.4) is 0 Å². The molecule has 0 aromatic carbocycles. The molecule has 4 fully saturated rings. The van der Waals surface area contributed by atoms with Gasteiger partial charge in [-0.3, -0.25) is 0 Å². The first kappa shape index (κ1) is 23.0. The van der Waals surface area contributed by atoms with Gasteiger partial charge in [0.25, 0.3) is 0 Å². The van der Waals surface area contributed by atoms with E-state index < -0.39 is 0 Å². The topological polar surface area (TPSA) is 50.1 Å². The van der Waals surface area contributed by atoms with E-state index in [-0.39, 0.29) is 43.5 Å². The van der Waals surface area contributed by atoms with Gasteiger partial charge < -0.3 is 69.5 Å². The molecule has 0 bridgehead atoms. The third kappa shape index (κ3) is 13.0. The summed E-state index contributed by atoms with van der Waals surface area (Å²) in [4.78, 5) is 0. The van der Waals surface area contributed by atoms with Gasteiger partial charge in [-0.25, -0.2) is 0 Å². The van der Waals surface area contributed by atoms with Gasteiger partial charge in [-0.05, 0) is 49.4 Å². The molecule has 4 rings (SSSR count). The van der Waals surface area contributed by atoms with Crippen LogP contribution in [-0.4, -0.2) is 46.2 Å². The summed E-state index contributed by atoms with van der Waals surface area (Å²) in [7, 11) is 0. The van der Waals surface area contributed by atoms with E-state index in [0.717, 1.165) is 0 Å². The van der Waals surface area contributed by atoms with E-state index in [2.05, 4.69) is 50.5 Å². The first-order valence-electron chi connectivity index (χ1n) is 6.47. The first-order valence-corrected chi connectivity index (χ1v) is 8.36. The Balaban J connectivity index is 0.000000250. The molecular formula is C12H20O4S4Ti. The molecule has 21 heavy (non-hydrogen) atoms. The van der Waals surface area contributed by atoms with Gasteiger partial charge >= 0.3 is 21.7 Å². The fourth-order valence-corrected chi connectivity index (χ4v) is 1.37. The standard InChI is InChI=1S/4C3H6OS.Ti/c4*1-2-3(5)4-2;/h4*2-3,5H,1H3;/q;;;;+4/p-4. The van der Waals surface area contributed by atoms with Gasteiger partial charge in [-0.2, -0.15) is 0 Å². The van der Waals surface area contributed by atoms with Crippen LogP contribution in [0.15, 0.2) is 0 Å². The van der Waals surface area contributed by atoms with Gasteiger partial charge in [0.05, 0.1) is 24.4 Å². The van der Waals surface area contributed by atoms with E-state index in [1.54, 1.807) is 0 Å². The van der Waals surface area contributed by atoms with Crippen LogP contribution in [0, 0.1) is 0 Å². The summed E-state index contributed by atoms with van der Waals surface area (Å²) in [5.74, 6) is 0. The summed E-state index contributed by atoms with van der Waals surface area (Å²) in [6, 6.07) is 0. The summed E-state index contributed by atoms with van der Waals surface area (Å²) in [5, 5.41) is 0. The van der Waals surface area contributed by atoms with E-state index in [4.69, 9.17) is 18.9 Å². The Morgan fingerprint density at radius 1 is 0.476 bits per heavy atom. The minimum absolute atomic E-state index is 0. The van der Waals surface area contributed by atoms with Crippen LogP contribution in [0.4, 0.5) is 0 Å². The summed E-state index contributed by atoms with van der Waals surface area (Å²) in [5.41, 5.74) is 0.537. The predicted molar refractivity (Wildman–Crippen MR) is 86.8 cm³/mol. The molecule has 0 N–H and O–H groups in total. The van der Waals surface area contributed by atoms with E-state index >= 15 is 0 Å². The SMILES string of the molecule is CC1OC1[S-].CC1OC1[S-].CC1OC1[S-].CC1OC1[S-].[Ti+4]. The first-order chi connectivity index (χ1) is 9.22. The van der Waals surface area contributed by atoms with Gasteiger partial charge in [-0.1, -0.05) is 0 Å². The van der Waals surface area contributed by atoms with Gasteiger partial charge in [0.15, 0.2) is 0 Å². The molecule has 8 atom stereocenters. The molecule has 0 radical (unpaired) electrons. The molecule has 0 amide bonds. The van der Waals surface area contributed by atoms with Crippen molar-refractivity contribution in [2.75, 3.05) is 0 Å². The van der Waals surface area contributed by atoms with Crippen LogP contribution in [0.1, 0.15) is 27.7 Å². The molecule has 0 spiro atoms. The maximum absolute atomic E-state index is 4.73. The summed E-state index contributed by atoms with van der Waals surface area (Å²) < 4.78 is 18.9. The molecule has 4 nitrogen and oxygen atoms in total. The van der Waals surface area contributed by atoms with E-state index in [0.29, 0.717) is 24.4 Å². The second-order valence-corrected chi connectivity index (χ2v) is 6.70. The monoisotopic (exact) mass is 404 g/mol. The number of hydrogen-bond acceptors (Lipinski definition) is 8. The zero-order valence-electron chi connectivity index (χ0n) is 12.4. The van der Waals surface area contributed by atoms with Crippen molar-refractivity contribution in [2.24, 2.45) is 0 Å². The summed E-state index contributed by atoms with van der Waals surface area (Å²) >= 11 is 18.5. The Morgan fingerprint density at radius 2 is 0.524 bits per heavy atom. The molecule has 9 heteroatoms. The fraction of sp³-hybridized carbons (Fsp3) is 1.00. The van der Waals surface area contributed by atoms with Crippen LogP contribution in [0.2, 0.25) is 0 Å². The van der Waals surface area contributed by atoms with Crippen LogP contribution >= 0.6 is 0 Å². The molecule has 4 aliphatic rings. The number of hydrogen-bond donors (Lipinski definition) is 0. The van der Waals surface area contributed by atoms with Crippen LogP contribution in [-0.2, 0) is 91.2 Å². The Hall–Kier alpha value is 1.95. The van der Waals surface area contributed by atoms with Crippen LogP contribution in [0.5, 0.6) is 0 Å². The van der Waals surface area contributed by atoms with Crippen molar-refractivity contribution < 1.29 is 40.7 Å².